The van der Waals surface area contributed by atoms with E-state index in [1.54, 1.807) is 7.11 Å². The summed E-state index contributed by atoms with van der Waals surface area (Å²) in [6.45, 7) is 5.12. The topological polar surface area (TPSA) is 45.2 Å². The Balaban J connectivity index is 1.36. The van der Waals surface area contributed by atoms with Crippen LogP contribution in [0.1, 0.15) is 32.1 Å². The van der Waals surface area contributed by atoms with E-state index < -0.39 is 0 Å². The van der Waals surface area contributed by atoms with Crippen LogP contribution in [0.25, 0.3) is 0 Å². The third-order valence-electron chi connectivity index (χ3n) is 5.36. The lowest BCUT2D eigenvalue weighted by molar-refractivity contribution is -0.0336. The Morgan fingerprint density at radius 2 is 1.72 bits per heavy atom. The highest BCUT2D eigenvalue weighted by Crippen LogP contribution is 2.21. The molecule has 1 N–H and O–H groups in total. The summed E-state index contributed by atoms with van der Waals surface area (Å²) in [5.74, 6) is 0.892. The maximum absolute atomic E-state index is 10.3. The molecule has 1 unspecified atom stereocenters. The number of hydrogen-bond donors (Lipinski definition) is 1. The van der Waals surface area contributed by atoms with Gasteiger partial charge in [-0.3, -0.25) is 4.90 Å². The van der Waals surface area contributed by atoms with Crippen LogP contribution >= 0.6 is 0 Å². The van der Waals surface area contributed by atoms with E-state index >= 15 is 0 Å². The van der Waals surface area contributed by atoms with Crippen molar-refractivity contribution in [3.63, 3.8) is 0 Å². The molecular weight excluding hydrogens is 316 g/mol. The van der Waals surface area contributed by atoms with Crippen LogP contribution in [0.5, 0.6) is 5.75 Å². The molecule has 1 saturated heterocycles. The molecule has 25 heavy (non-hydrogen) atoms. The van der Waals surface area contributed by atoms with Crippen molar-refractivity contribution in [1.82, 2.24) is 4.90 Å². The molecule has 0 spiro atoms. The van der Waals surface area contributed by atoms with Gasteiger partial charge in [-0.25, -0.2) is 0 Å². The number of hydrogen-bond acceptors (Lipinski definition) is 5. The van der Waals surface area contributed by atoms with Gasteiger partial charge in [0.1, 0.15) is 5.75 Å². The van der Waals surface area contributed by atoms with Crippen LogP contribution in [-0.4, -0.2) is 68.7 Å². The first-order chi connectivity index (χ1) is 12.2. The van der Waals surface area contributed by atoms with Crippen LogP contribution in [-0.2, 0) is 4.74 Å². The fourth-order valence-corrected chi connectivity index (χ4v) is 3.81. The van der Waals surface area contributed by atoms with Crippen LogP contribution in [0.4, 0.5) is 5.69 Å². The molecule has 5 nitrogen and oxygen atoms in total. The Morgan fingerprint density at radius 1 is 1.04 bits per heavy atom. The molecule has 1 heterocycles. The SMILES string of the molecule is COc1ccc(N2CCN(CC(O)COC3CCCCC3)CC2)cc1. The van der Waals surface area contributed by atoms with Crippen molar-refractivity contribution >= 4 is 5.69 Å². The first kappa shape index (κ1) is 18.5. The number of benzene rings is 1. The molecule has 0 radical (unpaired) electrons. The van der Waals surface area contributed by atoms with Gasteiger partial charge in [-0.2, -0.15) is 0 Å². The standard InChI is InChI=1S/C20H32N2O3/c1-24-19-9-7-17(8-10-19)22-13-11-21(12-14-22)15-18(23)16-25-20-5-3-2-4-6-20/h7-10,18,20,23H,2-6,11-16H2,1H3. The highest BCUT2D eigenvalue weighted by molar-refractivity contribution is 5.49. The van der Waals surface area contributed by atoms with Gasteiger partial charge in [0.15, 0.2) is 0 Å². The Kier molecular flexibility index (Phi) is 6.96. The van der Waals surface area contributed by atoms with Gasteiger partial charge >= 0.3 is 0 Å². The monoisotopic (exact) mass is 348 g/mol. The van der Waals surface area contributed by atoms with E-state index in [1.165, 1.54) is 24.9 Å². The minimum Gasteiger partial charge on any atom is -0.497 e. The highest BCUT2D eigenvalue weighted by Gasteiger charge is 2.21. The Bertz CT molecular complexity index is 494. The molecule has 1 atom stereocenters. The predicted molar refractivity (Wildman–Crippen MR) is 100 cm³/mol. The van der Waals surface area contributed by atoms with Crippen molar-refractivity contribution in [2.75, 3.05) is 51.3 Å². The molecule has 1 aromatic carbocycles. The highest BCUT2D eigenvalue weighted by atomic mass is 16.5. The van der Waals surface area contributed by atoms with Gasteiger partial charge < -0.3 is 19.5 Å². The van der Waals surface area contributed by atoms with Gasteiger partial charge in [0.25, 0.3) is 0 Å². The quantitative estimate of drug-likeness (QED) is 0.820. The van der Waals surface area contributed by atoms with Gasteiger partial charge in [-0.15, -0.1) is 0 Å². The van der Waals surface area contributed by atoms with Crippen molar-refractivity contribution in [3.05, 3.63) is 24.3 Å². The molecular formula is C20H32N2O3. The Hall–Kier alpha value is -1.30. The lowest BCUT2D eigenvalue weighted by atomic mass is 9.98. The van der Waals surface area contributed by atoms with Crippen molar-refractivity contribution < 1.29 is 14.6 Å². The molecule has 0 bridgehead atoms. The molecule has 1 aliphatic heterocycles. The van der Waals surface area contributed by atoms with Crippen LogP contribution in [0.3, 0.4) is 0 Å². The molecule has 0 amide bonds. The van der Waals surface area contributed by atoms with Crippen LogP contribution in [0.15, 0.2) is 24.3 Å². The van der Waals surface area contributed by atoms with Gasteiger partial charge in [0, 0.05) is 38.4 Å². The molecule has 5 heteroatoms. The molecule has 0 aromatic heterocycles. The molecule has 1 aliphatic carbocycles. The maximum atomic E-state index is 10.3. The minimum absolute atomic E-state index is 0.371. The Morgan fingerprint density at radius 3 is 2.36 bits per heavy atom. The summed E-state index contributed by atoms with van der Waals surface area (Å²) in [5.41, 5.74) is 1.24. The molecule has 2 fully saturated rings. The van der Waals surface area contributed by atoms with Crippen molar-refractivity contribution in [3.8, 4) is 5.75 Å². The van der Waals surface area contributed by atoms with Gasteiger partial charge in [0.2, 0.25) is 0 Å². The number of aliphatic hydroxyl groups is 1. The summed E-state index contributed by atoms with van der Waals surface area (Å²) in [7, 11) is 1.69. The normalized spacial score (nSPS) is 21.3. The molecule has 1 aromatic rings. The number of rotatable bonds is 7. The van der Waals surface area contributed by atoms with E-state index in [1.807, 2.05) is 12.1 Å². The van der Waals surface area contributed by atoms with E-state index in [0.717, 1.165) is 44.8 Å². The Labute approximate surface area is 151 Å². The number of piperazine rings is 1. The van der Waals surface area contributed by atoms with Crippen molar-refractivity contribution in [1.29, 1.82) is 0 Å². The largest absolute Gasteiger partial charge is 0.497 e. The van der Waals surface area contributed by atoms with E-state index in [-0.39, 0.29) is 6.10 Å². The number of methoxy groups -OCH3 is 1. The summed E-state index contributed by atoms with van der Waals surface area (Å²) in [5, 5.41) is 10.3. The second-order valence-electron chi connectivity index (χ2n) is 7.23. The fraction of sp³-hybridized carbons (Fsp3) is 0.700. The average molecular weight is 348 g/mol. The zero-order valence-electron chi connectivity index (χ0n) is 15.4. The summed E-state index contributed by atoms with van der Waals surface area (Å²) < 4.78 is 11.1. The first-order valence-corrected chi connectivity index (χ1v) is 9.65. The number of aliphatic hydroxyl groups excluding tert-OH is 1. The van der Waals surface area contributed by atoms with E-state index in [2.05, 4.69) is 21.9 Å². The summed E-state index contributed by atoms with van der Waals surface area (Å²) >= 11 is 0. The number of anilines is 1. The van der Waals surface area contributed by atoms with Gasteiger partial charge in [-0.05, 0) is 37.1 Å². The van der Waals surface area contributed by atoms with Crippen molar-refractivity contribution in [2.45, 2.75) is 44.3 Å². The number of β-amino-alcohol motifs (C(OH)–C–C–N with tert-alkyl or cyclic N) is 1. The third kappa shape index (κ3) is 5.59. The van der Waals surface area contributed by atoms with Crippen LogP contribution in [0, 0.1) is 0 Å². The lowest BCUT2D eigenvalue weighted by Gasteiger charge is -2.37. The van der Waals surface area contributed by atoms with Gasteiger partial charge in [-0.1, -0.05) is 19.3 Å². The maximum Gasteiger partial charge on any atom is 0.119 e. The predicted octanol–water partition coefficient (Wildman–Crippen LogP) is 2.53. The first-order valence-electron chi connectivity index (χ1n) is 9.65. The second-order valence-corrected chi connectivity index (χ2v) is 7.23. The smallest absolute Gasteiger partial charge is 0.119 e. The molecule has 140 valence electrons. The lowest BCUT2D eigenvalue weighted by Crippen LogP contribution is -2.49. The van der Waals surface area contributed by atoms with Crippen LogP contribution < -0.4 is 9.64 Å². The zero-order chi connectivity index (χ0) is 17.5. The molecule has 3 rings (SSSR count). The van der Waals surface area contributed by atoms with E-state index in [0.29, 0.717) is 19.3 Å². The number of nitrogens with zero attached hydrogens (tertiary/aromatic N) is 2. The van der Waals surface area contributed by atoms with Gasteiger partial charge in [0.05, 0.1) is 25.9 Å². The van der Waals surface area contributed by atoms with Crippen molar-refractivity contribution in [2.24, 2.45) is 0 Å². The minimum atomic E-state index is -0.380. The summed E-state index contributed by atoms with van der Waals surface area (Å²) in [6.07, 6.45) is 6.19. The van der Waals surface area contributed by atoms with Crippen LogP contribution in [0.2, 0.25) is 0 Å². The fourth-order valence-electron chi connectivity index (χ4n) is 3.81. The summed E-state index contributed by atoms with van der Waals surface area (Å²) in [6, 6.07) is 8.24. The average Bonchev–Trinajstić information content (AvgIpc) is 2.68. The zero-order valence-corrected chi connectivity index (χ0v) is 15.4. The molecule has 1 saturated carbocycles. The van der Waals surface area contributed by atoms with E-state index in [9.17, 15) is 5.11 Å². The second kappa shape index (κ2) is 9.41. The number of ether oxygens (including phenoxy) is 2. The third-order valence-corrected chi connectivity index (χ3v) is 5.36. The van der Waals surface area contributed by atoms with E-state index in [4.69, 9.17) is 9.47 Å². The molecule has 2 aliphatic rings. The summed E-state index contributed by atoms with van der Waals surface area (Å²) in [4.78, 5) is 4.73.